The van der Waals surface area contributed by atoms with E-state index in [2.05, 4.69) is 5.32 Å². The number of rotatable bonds is 10. The fraction of sp³-hybridized carbons (Fsp3) is 0.417. The summed E-state index contributed by atoms with van der Waals surface area (Å²) in [6.07, 6.45) is 1.27. The highest BCUT2D eigenvalue weighted by Gasteiger charge is 2.28. The van der Waals surface area contributed by atoms with E-state index >= 15 is 0 Å². The topological polar surface area (TPSA) is 58.6 Å². The van der Waals surface area contributed by atoms with Crippen molar-refractivity contribution in [1.29, 1.82) is 0 Å². The third-order valence-electron chi connectivity index (χ3n) is 4.90. The molecule has 0 bridgehead atoms. The van der Waals surface area contributed by atoms with Crippen molar-refractivity contribution < 1.29 is 18.7 Å². The normalized spacial score (nSPS) is 11.6. The van der Waals surface area contributed by atoms with Crippen molar-refractivity contribution in [3.8, 4) is 5.75 Å². The number of nitrogens with one attached hydrogen (secondary N) is 1. The summed E-state index contributed by atoms with van der Waals surface area (Å²) in [5, 5.41) is 2.87. The van der Waals surface area contributed by atoms with Crippen molar-refractivity contribution in [2.45, 2.75) is 53.1 Å². The van der Waals surface area contributed by atoms with E-state index in [9.17, 15) is 14.0 Å². The van der Waals surface area contributed by atoms with E-state index in [1.54, 1.807) is 12.1 Å². The van der Waals surface area contributed by atoms with Crippen LogP contribution in [0, 0.1) is 19.7 Å². The van der Waals surface area contributed by atoms with Crippen LogP contribution in [0.1, 0.15) is 43.4 Å². The molecule has 1 N–H and O–H groups in total. The van der Waals surface area contributed by atoms with Gasteiger partial charge in [-0.2, -0.15) is 0 Å². The van der Waals surface area contributed by atoms with E-state index in [0.29, 0.717) is 18.7 Å². The van der Waals surface area contributed by atoms with E-state index in [0.717, 1.165) is 23.1 Å². The smallest absolute Gasteiger partial charge is 0.261 e. The van der Waals surface area contributed by atoms with Crippen molar-refractivity contribution in [3.05, 3.63) is 65.0 Å². The lowest BCUT2D eigenvalue weighted by Crippen LogP contribution is -2.50. The number of benzene rings is 2. The summed E-state index contributed by atoms with van der Waals surface area (Å²) < 4.78 is 19.1. The van der Waals surface area contributed by atoms with Gasteiger partial charge in [-0.3, -0.25) is 9.59 Å². The SMILES string of the molecule is CCCNC(=O)[C@@H](CC)N(Cc1ccc(F)cc1)C(=O)COc1cc(C)ccc1C. The molecule has 5 nitrogen and oxygen atoms in total. The average molecular weight is 415 g/mol. The fourth-order valence-corrected chi connectivity index (χ4v) is 3.16. The molecule has 0 fully saturated rings. The van der Waals surface area contributed by atoms with Gasteiger partial charge in [0.1, 0.15) is 17.6 Å². The van der Waals surface area contributed by atoms with Crippen LogP contribution in [0.5, 0.6) is 5.75 Å². The van der Waals surface area contributed by atoms with Gasteiger partial charge < -0.3 is 15.0 Å². The molecule has 0 aliphatic carbocycles. The summed E-state index contributed by atoms with van der Waals surface area (Å²) in [4.78, 5) is 27.3. The number of aryl methyl sites for hydroxylation is 2. The first-order valence-electron chi connectivity index (χ1n) is 10.4. The lowest BCUT2D eigenvalue weighted by Gasteiger charge is -2.30. The third kappa shape index (κ3) is 6.58. The highest BCUT2D eigenvalue weighted by Crippen LogP contribution is 2.20. The molecule has 0 aliphatic heterocycles. The van der Waals surface area contributed by atoms with Crippen LogP contribution in [-0.2, 0) is 16.1 Å². The number of nitrogens with zero attached hydrogens (tertiary/aromatic N) is 1. The molecule has 0 saturated carbocycles. The molecule has 6 heteroatoms. The van der Waals surface area contributed by atoms with Gasteiger partial charge in [0, 0.05) is 13.1 Å². The standard InChI is InChI=1S/C24H31FN2O3/c1-5-13-26-24(29)21(6-2)27(15-19-9-11-20(25)12-10-19)23(28)16-30-22-14-17(3)7-8-18(22)4/h7-12,14,21H,5-6,13,15-16H2,1-4H3,(H,26,29)/t21-/m1/s1. The lowest BCUT2D eigenvalue weighted by molar-refractivity contribution is -0.143. The van der Waals surface area contributed by atoms with Crippen molar-refractivity contribution in [1.82, 2.24) is 10.2 Å². The average Bonchev–Trinajstić information content (AvgIpc) is 2.73. The molecule has 162 valence electrons. The Morgan fingerprint density at radius 1 is 1.10 bits per heavy atom. The highest BCUT2D eigenvalue weighted by molar-refractivity contribution is 5.88. The number of hydrogen-bond acceptors (Lipinski definition) is 3. The molecule has 0 heterocycles. The molecular formula is C24H31FN2O3. The number of carbonyl (C=O) groups excluding carboxylic acids is 2. The zero-order chi connectivity index (χ0) is 22.1. The van der Waals surface area contributed by atoms with Gasteiger partial charge in [-0.15, -0.1) is 0 Å². The van der Waals surface area contributed by atoms with E-state index in [1.165, 1.54) is 17.0 Å². The van der Waals surface area contributed by atoms with Crippen LogP contribution in [0.2, 0.25) is 0 Å². The second-order valence-electron chi connectivity index (χ2n) is 7.42. The molecule has 0 radical (unpaired) electrons. The molecule has 2 aromatic rings. The van der Waals surface area contributed by atoms with Crippen LogP contribution in [0.25, 0.3) is 0 Å². The van der Waals surface area contributed by atoms with Crippen LogP contribution < -0.4 is 10.1 Å². The Morgan fingerprint density at radius 2 is 1.80 bits per heavy atom. The van der Waals surface area contributed by atoms with E-state index < -0.39 is 6.04 Å². The van der Waals surface area contributed by atoms with Gasteiger partial charge in [0.05, 0.1) is 0 Å². The Balaban J connectivity index is 2.21. The van der Waals surface area contributed by atoms with E-state index in [4.69, 9.17) is 4.74 Å². The summed E-state index contributed by atoms with van der Waals surface area (Å²) in [6, 6.07) is 11.1. The second-order valence-corrected chi connectivity index (χ2v) is 7.42. The fourth-order valence-electron chi connectivity index (χ4n) is 3.16. The molecule has 0 aromatic heterocycles. The molecule has 1 atom stereocenters. The maximum Gasteiger partial charge on any atom is 0.261 e. The molecule has 2 aromatic carbocycles. The first-order chi connectivity index (χ1) is 14.3. The minimum absolute atomic E-state index is 0.178. The Morgan fingerprint density at radius 3 is 2.43 bits per heavy atom. The maximum absolute atomic E-state index is 13.3. The number of hydrogen-bond donors (Lipinski definition) is 1. The van der Waals surface area contributed by atoms with Crippen LogP contribution in [0.4, 0.5) is 4.39 Å². The zero-order valence-corrected chi connectivity index (χ0v) is 18.2. The number of ether oxygens (including phenoxy) is 1. The van der Waals surface area contributed by atoms with Gasteiger partial charge in [0.2, 0.25) is 5.91 Å². The maximum atomic E-state index is 13.3. The predicted octanol–water partition coefficient (Wildman–Crippen LogP) is 4.15. The monoisotopic (exact) mass is 414 g/mol. The van der Waals surface area contributed by atoms with Gasteiger partial charge in [-0.1, -0.05) is 38.1 Å². The Labute approximate surface area is 178 Å². The molecule has 0 unspecified atom stereocenters. The van der Waals surface area contributed by atoms with Gasteiger partial charge >= 0.3 is 0 Å². The quantitative estimate of drug-likeness (QED) is 0.635. The van der Waals surface area contributed by atoms with E-state index in [-0.39, 0.29) is 30.8 Å². The lowest BCUT2D eigenvalue weighted by atomic mass is 10.1. The minimum atomic E-state index is -0.628. The molecule has 0 aliphatic rings. The van der Waals surface area contributed by atoms with Gasteiger partial charge in [0.15, 0.2) is 6.61 Å². The molecule has 0 saturated heterocycles. The van der Waals surface area contributed by atoms with Crippen LogP contribution in [0.3, 0.4) is 0 Å². The van der Waals surface area contributed by atoms with E-state index in [1.807, 2.05) is 45.9 Å². The summed E-state index contributed by atoms with van der Waals surface area (Å²) in [6.45, 7) is 8.29. The molecule has 2 rings (SSSR count). The van der Waals surface area contributed by atoms with Gasteiger partial charge in [-0.25, -0.2) is 4.39 Å². The number of amides is 2. The first kappa shape index (κ1) is 23.4. The second kappa shape index (κ2) is 11.3. The summed E-state index contributed by atoms with van der Waals surface area (Å²) >= 11 is 0. The van der Waals surface area contributed by atoms with Crippen molar-refractivity contribution in [2.75, 3.05) is 13.2 Å². The van der Waals surface area contributed by atoms with Crippen molar-refractivity contribution >= 4 is 11.8 Å². The Hall–Kier alpha value is -2.89. The third-order valence-corrected chi connectivity index (χ3v) is 4.90. The molecular weight excluding hydrogens is 383 g/mol. The van der Waals surface area contributed by atoms with Gasteiger partial charge in [-0.05, 0) is 61.6 Å². The summed E-state index contributed by atoms with van der Waals surface area (Å²) in [5.74, 6) is -0.184. The highest BCUT2D eigenvalue weighted by atomic mass is 19.1. The first-order valence-corrected chi connectivity index (χ1v) is 10.4. The van der Waals surface area contributed by atoms with Crippen LogP contribution in [0.15, 0.2) is 42.5 Å². The van der Waals surface area contributed by atoms with Crippen molar-refractivity contribution in [2.24, 2.45) is 0 Å². The minimum Gasteiger partial charge on any atom is -0.483 e. The van der Waals surface area contributed by atoms with Crippen LogP contribution in [-0.4, -0.2) is 35.9 Å². The molecule has 0 spiro atoms. The summed E-state index contributed by atoms with van der Waals surface area (Å²) in [5.41, 5.74) is 2.72. The predicted molar refractivity (Wildman–Crippen MR) is 116 cm³/mol. The number of carbonyl (C=O) groups is 2. The summed E-state index contributed by atoms with van der Waals surface area (Å²) in [7, 11) is 0. The largest absolute Gasteiger partial charge is 0.483 e. The molecule has 2 amide bonds. The Kier molecular flexibility index (Phi) is 8.84. The van der Waals surface area contributed by atoms with Crippen LogP contribution >= 0.6 is 0 Å². The number of halogens is 1. The Bertz CT molecular complexity index is 852. The van der Waals surface area contributed by atoms with Gasteiger partial charge in [0.25, 0.3) is 5.91 Å². The van der Waals surface area contributed by atoms with Crippen molar-refractivity contribution in [3.63, 3.8) is 0 Å². The molecule has 30 heavy (non-hydrogen) atoms. The zero-order valence-electron chi connectivity index (χ0n) is 18.2.